The first-order valence-electron chi connectivity index (χ1n) is 14.7. The molecule has 7 nitrogen and oxygen atoms in total. The maximum atomic E-state index is 17.4. The Morgan fingerprint density at radius 1 is 1.12 bits per heavy atom. The van der Waals surface area contributed by atoms with Crippen LogP contribution in [0, 0.1) is 22.7 Å². The van der Waals surface area contributed by atoms with Gasteiger partial charge in [-0.25, -0.2) is 9.18 Å². The molecule has 4 fully saturated rings. The first-order valence-corrected chi connectivity index (χ1v) is 14.7. The van der Waals surface area contributed by atoms with E-state index in [1.807, 2.05) is 55.5 Å². The molecule has 2 aromatic rings. The number of carboxylic acid groups (broad SMARTS) is 1. The number of allylic oxidation sites excluding steroid dienone is 4. The van der Waals surface area contributed by atoms with Gasteiger partial charge in [0, 0.05) is 28.0 Å². The van der Waals surface area contributed by atoms with E-state index in [1.54, 1.807) is 13.0 Å². The number of nitrogen functional groups attached to an aromatic ring is 1. The molecular formula is C34H36FNO6. The van der Waals surface area contributed by atoms with Crippen LogP contribution >= 0.6 is 0 Å². The van der Waals surface area contributed by atoms with E-state index in [0.717, 1.165) is 11.1 Å². The molecule has 3 saturated carbocycles. The fourth-order valence-electron chi connectivity index (χ4n) is 9.20. The Hall–Kier alpha value is -3.33. The van der Waals surface area contributed by atoms with Gasteiger partial charge in [0.25, 0.3) is 0 Å². The minimum absolute atomic E-state index is 0.0899. The number of hydrogen-bond acceptors (Lipinski definition) is 6. The van der Waals surface area contributed by atoms with Crippen molar-refractivity contribution in [3.8, 4) is 0 Å². The summed E-state index contributed by atoms with van der Waals surface area (Å²) in [7, 11) is 0. The van der Waals surface area contributed by atoms with E-state index in [4.69, 9.17) is 15.2 Å². The Kier molecular flexibility index (Phi) is 5.95. The van der Waals surface area contributed by atoms with Crippen LogP contribution in [0.5, 0.6) is 0 Å². The number of aliphatic hydroxyl groups is 1. The molecule has 0 amide bonds. The highest BCUT2D eigenvalue weighted by Crippen LogP contribution is 2.72. The van der Waals surface area contributed by atoms with Crippen LogP contribution in [0.4, 0.5) is 10.1 Å². The molecule has 7 rings (SSSR count). The number of nitrogens with two attached hydrogens (primary N) is 1. The zero-order chi connectivity index (χ0) is 29.7. The van der Waals surface area contributed by atoms with Crippen molar-refractivity contribution in [3.63, 3.8) is 0 Å². The van der Waals surface area contributed by atoms with Crippen LogP contribution in [0.15, 0.2) is 72.3 Å². The molecule has 42 heavy (non-hydrogen) atoms. The van der Waals surface area contributed by atoms with Crippen LogP contribution in [0.2, 0.25) is 0 Å². The van der Waals surface area contributed by atoms with Gasteiger partial charge in [-0.15, -0.1) is 0 Å². The van der Waals surface area contributed by atoms with Crippen molar-refractivity contribution in [1.82, 2.24) is 0 Å². The van der Waals surface area contributed by atoms with Crippen LogP contribution in [0.1, 0.15) is 62.5 Å². The first-order chi connectivity index (χ1) is 19.9. The van der Waals surface area contributed by atoms with Crippen molar-refractivity contribution >= 4 is 17.4 Å². The highest BCUT2D eigenvalue weighted by atomic mass is 19.1. The first kappa shape index (κ1) is 27.5. The van der Waals surface area contributed by atoms with Crippen LogP contribution < -0.4 is 5.73 Å². The number of carbonyl (C=O) groups excluding carboxylic acids is 1. The molecule has 0 aromatic heterocycles. The maximum absolute atomic E-state index is 17.4. The highest BCUT2D eigenvalue weighted by molar-refractivity contribution is 6.01. The smallest absolute Gasteiger partial charge is 0.339 e. The summed E-state index contributed by atoms with van der Waals surface area (Å²) in [6, 6.07) is 15.4. The number of ether oxygens (including phenoxy) is 2. The second-order valence-corrected chi connectivity index (χ2v) is 13.3. The molecule has 1 heterocycles. The number of halogens is 1. The average molecular weight is 574 g/mol. The molecule has 220 valence electrons. The van der Waals surface area contributed by atoms with Crippen LogP contribution in [-0.2, 0) is 25.5 Å². The van der Waals surface area contributed by atoms with Crippen LogP contribution in [0.3, 0.4) is 0 Å². The number of fused-ring (bicyclic) bond motifs is 7. The lowest BCUT2D eigenvalue weighted by molar-refractivity contribution is -0.236. The summed E-state index contributed by atoms with van der Waals surface area (Å²) in [6.07, 6.45) is 3.18. The monoisotopic (exact) mass is 573 g/mol. The lowest BCUT2D eigenvalue weighted by atomic mass is 9.45. The predicted octanol–water partition coefficient (Wildman–Crippen LogP) is 5.08. The number of benzene rings is 2. The molecular weight excluding hydrogens is 537 g/mol. The summed E-state index contributed by atoms with van der Waals surface area (Å²) in [5, 5.41) is 22.3. The third-order valence-electron chi connectivity index (χ3n) is 11.3. The molecule has 8 heteroatoms. The van der Waals surface area contributed by atoms with E-state index in [9.17, 15) is 19.8 Å². The maximum Gasteiger partial charge on any atom is 0.339 e. The number of rotatable bonds is 4. The lowest BCUT2D eigenvalue weighted by Crippen LogP contribution is -2.69. The van der Waals surface area contributed by atoms with Crippen molar-refractivity contribution in [3.05, 3.63) is 89.0 Å². The van der Waals surface area contributed by atoms with Gasteiger partial charge < -0.3 is 25.4 Å². The van der Waals surface area contributed by atoms with E-state index in [1.165, 1.54) is 12.2 Å². The minimum Gasteiger partial charge on any atom is -0.479 e. The van der Waals surface area contributed by atoms with Gasteiger partial charge in [-0.2, -0.15) is 0 Å². The zero-order valence-electron chi connectivity index (χ0n) is 23.8. The van der Waals surface area contributed by atoms with E-state index in [0.29, 0.717) is 42.5 Å². The Bertz CT molecular complexity index is 1540. The number of ketones is 1. The van der Waals surface area contributed by atoms with Gasteiger partial charge >= 0.3 is 5.97 Å². The number of anilines is 1. The third-order valence-corrected chi connectivity index (χ3v) is 11.3. The molecule has 2 aromatic carbocycles. The SMILES string of the molecule is C[C@]12C=CC(=O)C=C1CC[C@H]1[C@@H]3C[C@H]4O[C@@H](c5ccc(Cc6cccc(N)c6)cc5)O[C@@]4(C(=O)O)[C@@]3(C)C[C@H](O)[C@@]12F. The normalized spacial score (nSPS) is 41.9. The molecule has 0 radical (unpaired) electrons. The van der Waals surface area contributed by atoms with Gasteiger partial charge in [-0.1, -0.05) is 55.0 Å². The quantitative estimate of drug-likeness (QED) is 0.437. The van der Waals surface area contributed by atoms with Crippen LogP contribution in [0.25, 0.3) is 0 Å². The topological polar surface area (TPSA) is 119 Å². The molecule has 0 unspecified atom stereocenters. The molecule has 0 spiro atoms. The van der Waals surface area contributed by atoms with Crippen molar-refractivity contribution in [2.24, 2.45) is 22.7 Å². The molecule has 1 aliphatic heterocycles. The predicted molar refractivity (Wildman–Crippen MR) is 153 cm³/mol. The van der Waals surface area contributed by atoms with Gasteiger partial charge in [-0.05, 0) is 80.4 Å². The molecule has 9 atom stereocenters. The van der Waals surface area contributed by atoms with Gasteiger partial charge in [0.05, 0.1) is 6.10 Å². The Labute approximate surface area is 244 Å². The van der Waals surface area contributed by atoms with E-state index in [2.05, 4.69) is 0 Å². The number of alkyl halides is 1. The summed E-state index contributed by atoms with van der Waals surface area (Å²) in [4.78, 5) is 25.3. The zero-order valence-corrected chi connectivity index (χ0v) is 23.8. The summed E-state index contributed by atoms with van der Waals surface area (Å²) >= 11 is 0. The summed E-state index contributed by atoms with van der Waals surface area (Å²) in [5.41, 5.74) is 4.17. The summed E-state index contributed by atoms with van der Waals surface area (Å²) < 4.78 is 30.2. The average Bonchev–Trinajstić information content (AvgIpc) is 3.44. The fourth-order valence-corrected chi connectivity index (χ4v) is 9.20. The number of hydrogen-bond donors (Lipinski definition) is 3. The number of carboxylic acids is 1. The number of aliphatic hydroxyl groups excluding tert-OH is 1. The van der Waals surface area contributed by atoms with Crippen molar-refractivity contribution in [2.75, 3.05) is 5.73 Å². The minimum atomic E-state index is -2.05. The molecule has 5 aliphatic rings. The van der Waals surface area contributed by atoms with Crippen molar-refractivity contribution < 1.29 is 33.7 Å². The number of carbonyl (C=O) groups is 2. The molecule has 4 N–H and O–H groups in total. The second kappa shape index (κ2) is 9.09. The van der Waals surface area contributed by atoms with Gasteiger partial charge in [0.2, 0.25) is 0 Å². The summed E-state index contributed by atoms with van der Waals surface area (Å²) in [6.45, 7) is 3.57. The molecule has 0 bridgehead atoms. The lowest BCUT2D eigenvalue weighted by Gasteiger charge is -2.62. The van der Waals surface area contributed by atoms with E-state index >= 15 is 4.39 Å². The standard InChI is InChI=1S/C34H36FNO6/c1-31-13-12-24(37)16-22(31)10-11-25-26-17-28-34(30(39)40,32(26,2)18-27(38)33(25,31)35)42-29(41-28)21-8-6-19(7-9-21)14-20-4-3-5-23(36)15-20/h3-9,12-13,15-16,25-29,38H,10-11,14,17-18,36H2,1-2H3,(H,39,40)/t25-,26-,27-,28+,29+,31-,32-,33-,34-/m0/s1. The second-order valence-electron chi connectivity index (χ2n) is 13.3. The largest absolute Gasteiger partial charge is 0.479 e. The van der Waals surface area contributed by atoms with Gasteiger partial charge in [0.1, 0.15) is 6.10 Å². The Morgan fingerprint density at radius 2 is 1.88 bits per heavy atom. The van der Waals surface area contributed by atoms with Crippen molar-refractivity contribution in [2.45, 2.75) is 75.7 Å². The van der Waals surface area contributed by atoms with Crippen molar-refractivity contribution in [1.29, 1.82) is 0 Å². The third kappa shape index (κ3) is 3.49. The summed E-state index contributed by atoms with van der Waals surface area (Å²) in [5.74, 6) is -2.34. The fraction of sp³-hybridized carbons (Fsp3) is 0.471. The molecule has 1 saturated heterocycles. The Balaban J connectivity index is 1.18. The molecule has 4 aliphatic carbocycles. The van der Waals surface area contributed by atoms with E-state index < -0.39 is 58.4 Å². The van der Waals surface area contributed by atoms with Crippen LogP contribution in [-0.4, -0.2) is 45.4 Å². The highest BCUT2D eigenvalue weighted by Gasteiger charge is 2.80. The van der Waals surface area contributed by atoms with Gasteiger partial charge in [-0.3, -0.25) is 4.79 Å². The van der Waals surface area contributed by atoms with E-state index in [-0.39, 0.29) is 12.2 Å². The Morgan fingerprint density at radius 3 is 2.60 bits per heavy atom. The van der Waals surface area contributed by atoms with Gasteiger partial charge in [0.15, 0.2) is 23.3 Å². The number of aliphatic carboxylic acids is 1.